The van der Waals surface area contributed by atoms with Crippen molar-refractivity contribution in [2.75, 3.05) is 59.2 Å². The second-order valence-corrected chi connectivity index (χ2v) is 6.20. The smallest absolute Gasteiger partial charge is 0.142 e. The zero-order valence-electron chi connectivity index (χ0n) is 14.3. The first-order chi connectivity index (χ1) is 11.2. The standard InChI is InChI=1S/C18H26N4O/c1-19-17-6-4-14(12-18(17)23-3)16-7-5-15(20-16)13-22-10-8-21(2)9-11-22/h4-6,12,19H,7-11,13H2,1-3H3. The summed E-state index contributed by atoms with van der Waals surface area (Å²) >= 11 is 0. The average molecular weight is 314 g/mol. The van der Waals surface area contributed by atoms with E-state index in [1.807, 2.05) is 7.05 Å². The van der Waals surface area contributed by atoms with E-state index in [0.29, 0.717) is 0 Å². The lowest BCUT2D eigenvalue weighted by Crippen LogP contribution is -2.44. The number of piperazine rings is 1. The normalized spacial score (nSPS) is 19.4. The number of nitrogens with zero attached hydrogens (tertiary/aromatic N) is 3. The topological polar surface area (TPSA) is 40.1 Å². The molecule has 124 valence electrons. The second-order valence-electron chi connectivity index (χ2n) is 6.20. The maximum atomic E-state index is 5.45. The summed E-state index contributed by atoms with van der Waals surface area (Å²) < 4.78 is 5.45. The molecule has 2 aliphatic rings. The summed E-state index contributed by atoms with van der Waals surface area (Å²) in [4.78, 5) is 9.72. The van der Waals surface area contributed by atoms with Crippen LogP contribution in [-0.4, -0.2) is 69.4 Å². The SMILES string of the molecule is CNc1ccc(C2=NC(CN3CCN(C)CC3)=CC2)cc1OC. The summed E-state index contributed by atoms with van der Waals surface area (Å²) in [5.41, 5.74) is 4.47. The van der Waals surface area contributed by atoms with Crippen molar-refractivity contribution in [2.24, 2.45) is 4.99 Å². The highest BCUT2D eigenvalue weighted by Gasteiger charge is 2.18. The third kappa shape index (κ3) is 3.74. The molecule has 23 heavy (non-hydrogen) atoms. The lowest BCUT2D eigenvalue weighted by atomic mass is 10.1. The van der Waals surface area contributed by atoms with Crippen LogP contribution in [0.3, 0.4) is 0 Å². The molecule has 0 aromatic heterocycles. The van der Waals surface area contributed by atoms with E-state index in [2.05, 4.69) is 46.4 Å². The summed E-state index contributed by atoms with van der Waals surface area (Å²) in [6.45, 7) is 5.51. The molecule has 0 saturated carbocycles. The number of hydrogen-bond donors (Lipinski definition) is 1. The van der Waals surface area contributed by atoms with Crippen LogP contribution < -0.4 is 10.1 Å². The van der Waals surface area contributed by atoms with E-state index < -0.39 is 0 Å². The summed E-state index contributed by atoms with van der Waals surface area (Å²) in [6.07, 6.45) is 3.16. The fraction of sp³-hybridized carbons (Fsp3) is 0.500. The molecule has 0 bridgehead atoms. The van der Waals surface area contributed by atoms with Crippen LogP contribution in [-0.2, 0) is 0 Å². The van der Waals surface area contributed by atoms with Crippen LogP contribution in [0.25, 0.3) is 0 Å². The number of methoxy groups -OCH3 is 1. The number of benzene rings is 1. The van der Waals surface area contributed by atoms with Crippen LogP contribution in [0.4, 0.5) is 5.69 Å². The Bertz CT molecular complexity index is 615. The molecular formula is C18H26N4O. The number of hydrogen-bond acceptors (Lipinski definition) is 5. The Hall–Kier alpha value is -1.85. The third-order valence-electron chi connectivity index (χ3n) is 4.60. The number of nitrogens with one attached hydrogen (secondary N) is 1. The molecule has 5 heteroatoms. The maximum Gasteiger partial charge on any atom is 0.142 e. The number of anilines is 1. The maximum absolute atomic E-state index is 5.45. The molecule has 1 fully saturated rings. The largest absolute Gasteiger partial charge is 0.495 e. The molecule has 0 aliphatic carbocycles. The van der Waals surface area contributed by atoms with Gasteiger partial charge in [-0.15, -0.1) is 0 Å². The van der Waals surface area contributed by atoms with Crippen molar-refractivity contribution in [2.45, 2.75) is 6.42 Å². The van der Waals surface area contributed by atoms with E-state index in [1.54, 1.807) is 7.11 Å². The third-order valence-corrected chi connectivity index (χ3v) is 4.60. The van der Waals surface area contributed by atoms with Crippen molar-refractivity contribution in [3.8, 4) is 5.75 Å². The molecule has 2 aliphatic heterocycles. The van der Waals surface area contributed by atoms with E-state index in [-0.39, 0.29) is 0 Å². The molecule has 3 rings (SSSR count). The zero-order chi connectivity index (χ0) is 16.2. The molecule has 1 aromatic rings. The van der Waals surface area contributed by atoms with E-state index in [1.165, 1.54) is 5.70 Å². The van der Waals surface area contributed by atoms with E-state index in [0.717, 1.165) is 61.9 Å². The predicted molar refractivity (Wildman–Crippen MR) is 95.7 cm³/mol. The molecule has 5 nitrogen and oxygen atoms in total. The highest BCUT2D eigenvalue weighted by atomic mass is 16.5. The Balaban J connectivity index is 1.66. The van der Waals surface area contributed by atoms with E-state index >= 15 is 0 Å². The van der Waals surface area contributed by atoms with Crippen LogP contribution in [0.15, 0.2) is 35.0 Å². The van der Waals surface area contributed by atoms with E-state index in [9.17, 15) is 0 Å². The first kappa shape index (κ1) is 16.0. The molecule has 1 aromatic carbocycles. The van der Waals surface area contributed by atoms with Crippen LogP contribution in [0.1, 0.15) is 12.0 Å². The zero-order valence-corrected chi connectivity index (χ0v) is 14.3. The van der Waals surface area contributed by atoms with E-state index in [4.69, 9.17) is 9.73 Å². The predicted octanol–water partition coefficient (Wildman–Crippen LogP) is 2.06. The van der Waals surface area contributed by atoms with Gasteiger partial charge in [-0.1, -0.05) is 12.1 Å². The summed E-state index contributed by atoms with van der Waals surface area (Å²) in [5, 5.41) is 3.14. The lowest BCUT2D eigenvalue weighted by Gasteiger charge is -2.32. The number of allylic oxidation sites excluding steroid dienone is 1. The van der Waals surface area contributed by atoms with Gasteiger partial charge in [0.25, 0.3) is 0 Å². The minimum absolute atomic E-state index is 0.861. The number of rotatable bonds is 5. The van der Waals surface area contributed by atoms with Crippen molar-refractivity contribution in [1.82, 2.24) is 9.80 Å². The fourth-order valence-electron chi connectivity index (χ4n) is 3.07. The van der Waals surface area contributed by atoms with Gasteiger partial charge >= 0.3 is 0 Å². The number of aliphatic imine (C=N–C) groups is 1. The van der Waals surface area contributed by atoms with Gasteiger partial charge in [-0.3, -0.25) is 9.89 Å². The second kappa shape index (κ2) is 7.15. The van der Waals surface area contributed by atoms with Gasteiger partial charge in [0.05, 0.1) is 24.2 Å². The summed E-state index contributed by atoms with van der Waals surface area (Å²) in [6, 6.07) is 6.23. The van der Waals surface area contributed by atoms with Gasteiger partial charge in [-0.2, -0.15) is 0 Å². The molecule has 0 spiro atoms. The highest BCUT2D eigenvalue weighted by Crippen LogP contribution is 2.27. The molecule has 1 saturated heterocycles. The minimum atomic E-state index is 0.861. The Kier molecular flexibility index (Phi) is 4.98. The molecular weight excluding hydrogens is 288 g/mol. The Labute approximate surface area is 138 Å². The van der Waals surface area contributed by atoms with Crippen molar-refractivity contribution >= 4 is 11.4 Å². The molecule has 0 atom stereocenters. The van der Waals surface area contributed by atoms with Crippen molar-refractivity contribution in [3.63, 3.8) is 0 Å². The van der Waals surface area contributed by atoms with Crippen LogP contribution in [0, 0.1) is 0 Å². The fourth-order valence-corrected chi connectivity index (χ4v) is 3.07. The van der Waals surface area contributed by atoms with Gasteiger partial charge in [0, 0.05) is 51.8 Å². The molecule has 0 amide bonds. The molecule has 1 N–H and O–H groups in total. The van der Waals surface area contributed by atoms with Crippen molar-refractivity contribution in [1.29, 1.82) is 0 Å². The Morgan fingerprint density at radius 2 is 2.00 bits per heavy atom. The van der Waals surface area contributed by atoms with Crippen molar-refractivity contribution in [3.05, 3.63) is 35.5 Å². The van der Waals surface area contributed by atoms with Gasteiger partial charge in [0.15, 0.2) is 0 Å². The Morgan fingerprint density at radius 1 is 1.22 bits per heavy atom. The first-order valence-electron chi connectivity index (χ1n) is 8.23. The van der Waals surface area contributed by atoms with Gasteiger partial charge in [0.1, 0.15) is 5.75 Å². The minimum Gasteiger partial charge on any atom is -0.495 e. The quantitative estimate of drug-likeness (QED) is 0.903. The molecule has 0 radical (unpaired) electrons. The molecule has 2 heterocycles. The lowest BCUT2D eigenvalue weighted by molar-refractivity contribution is 0.164. The van der Waals surface area contributed by atoms with Crippen LogP contribution in [0.2, 0.25) is 0 Å². The first-order valence-corrected chi connectivity index (χ1v) is 8.23. The Morgan fingerprint density at radius 3 is 2.70 bits per heavy atom. The molecule has 0 unspecified atom stereocenters. The van der Waals surface area contributed by atoms with Crippen molar-refractivity contribution < 1.29 is 4.74 Å². The van der Waals surface area contributed by atoms with Gasteiger partial charge in [-0.25, -0.2) is 0 Å². The van der Waals surface area contributed by atoms with Gasteiger partial charge in [0.2, 0.25) is 0 Å². The van der Waals surface area contributed by atoms with Crippen LogP contribution >= 0.6 is 0 Å². The number of likely N-dealkylation sites (N-methyl/N-ethyl adjacent to an activating group) is 1. The van der Waals surface area contributed by atoms with Gasteiger partial charge < -0.3 is 15.0 Å². The van der Waals surface area contributed by atoms with Crippen LogP contribution in [0.5, 0.6) is 5.75 Å². The highest BCUT2D eigenvalue weighted by molar-refractivity contribution is 6.04. The summed E-state index contributed by atoms with van der Waals surface area (Å²) in [5.74, 6) is 0.861. The monoisotopic (exact) mass is 314 g/mol. The van der Waals surface area contributed by atoms with Gasteiger partial charge in [-0.05, 0) is 19.2 Å². The summed E-state index contributed by atoms with van der Waals surface area (Å²) in [7, 11) is 5.79. The number of ether oxygens (including phenoxy) is 1. The average Bonchev–Trinajstić information content (AvgIpc) is 3.05.